The number of ether oxygens (including phenoxy) is 1. The molecule has 0 atom stereocenters. The fraction of sp³-hybridized carbons (Fsp3) is 0.261. The molecule has 0 unspecified atom stereocenters. The lowest BCUT2D eigenvalue weighted by Gasteiger charge is -2.11. The SMILES string of the molecule is COc1ccc(NC(=O)c2c(NC(=O)c3ccncc3)sc3c2CCCCC3)cc1. The number of benzene rings is 1. The molecule has 0 saturated heterocycles. The Balaban J connectivity index is 1.64. The van der Waals surface area contributed by atoms with Crippen LogP contribution in [-0.4, -0.2) is 23.9 Å². The number of hydrogen-bond donors (Lipinski definition) is 2. The van der Waals surface area contributed by atoms with Crippen molar-refractivity contribution < 1.29 is 14.3 Å². The highest BCUT2D eigenvalue weighted by molar-refractivity contribution is 7.17. The molecule has 7 heteroatoms. The zero-order valence-electron chi connectivity index (χ0n) is 16.7. The summed E-state index contributed by atoms with van der Waals surface area (Å²) in [5.74, 6) is 0.277. The highest BCUT2D eigenvalue weighted by Gasteiger charge is 2.26. The maximum Gasteiger partial charge on any atom is 0.258 e. The van der Waals surface area contributed by atoms with Crippen molar-refractivity contribution in [2.45, 2.75) is 32.1 Å². The summed E-state index contributed by atoms with van der Waals surface area (Å²) in [5, 5.41) is 6.54. The summed E-state index contributed by atoms with van der Waals surface area (Å²) in [7, 11) is 1.60. The van der Waals surface area contributed by atoms with E-state index in [-0.39, 0.29) is 11.8 Å². The molecule has 4 rings (SSSR count). The predicted octanol–water partition coefficient (Wildman–Crippen LogP) is 4.93. The Morgan fingerprint density at radius 1 is 0.933 bits per heavy atom. The van der Waals surface area contributed by atoms with Gasteiger partial charge in [0.2, 0.25) is 0 Å². The molecule has 0 radical (unpaired) electrons. The van der Waals surface area contributed by atoms with Gasteiger partial charge in [-0.1, -0.05) is 6.42 Å². The van der Waals surface area contributed by atoms with Crippen molar-refractivity contribution in [3.05, 3.63) is 70.4 Å². The molecule has 2 N–H and O–H groups in total. The number of aromatic nitrogens is 1. The third-order valence-electron chi connectivity index (χ3n) is 5.17. The minimum atomic E-state index is -0.243. The van der Waals surface area contributed by atoms with Crippen molar-refractivity contribution in [2.24, 2.45) is 0 Å². The van der Waals surface area contributed by atoms with Crippen molar-refractivity contribution in [3.8, 4) is 5.75 Å². The topological polar surface area (TPSA) is 80.3 Å². The molecule has 0 fully saturated rings. The van der Waals surface area contributed by atoms with Gasteiger partial charge in [0.15, 0.2) is 0 Å². The summed E-state index contributed by atoms with van der Waals surface area (Å²) in [6, 6.07) is 10.5. The lowest BCUT2D eigenvalue weighted by Crippen LogP contribution is -2.18. The molecule has 30 heavy (non-hydrogen) atoms. The fourth-order valence-electron chi connectivity index (χ4n) is 3.62. The van der Waals surface area contributed by atoms with E-state index < -0.39 is 0 Å². The van der Waals surface area contributed by atoms with E-state index in [0.29, 0.717) is 21.8 Å². The number of thiophene rings is 1. The molecule has 0 saturated carbocycles. The molecule has 3 aromatic rings. The summed E-state index contributed by atoms with van der Waals surface area (Å²) < 4.78 is 5.18. The first-order valence-corrected chi connectivity index (χ1v) is 10.8. The fourth-order valence-corrected chi connectivity index (χ4v) is 4.90. The van der Waals surface area contributed by atoms with Gasteiger partial charge in [0.05, 0.1) is 12.7 Å². The zero-order valence-corrected chi connectivity index (χ0v) is 17.6. The molecular weight excluding hydrogens is 398 g/mol. The predicted molar refractivity (Wildman–Crippen MR) is 119 cm³/mol. The van der Waals surface area contributed by atoms with Gasteiger partial charge in [-0.25, -0.2) is 0 Å². The second-order valence-corrected chi connectivity index (χ2v) is 8.25. The molecule has 154 valence electrons. The van der Waals surface area contributed by atoms with Crippen LogP contribution in [0.1, 0.15) is 50.4 Å². The first-order chi connectivity index (χ1) is 14.7. The first kappa shape index (κ1) is 20.1. The van der Waals surface area contributed by atoms with Crippen LogP contribution in [0.5, 0.6) is 5.75 Å². The van der Waals surface area contributed by atoms with Crippen molar-refractivity contribution >= 4 is 33.8 Å². The molecular formula is C23H23N3O3S. The molecule has 1 aliphatic carbocycles. The van der Waals surface area contributed by atoms with Crippen molar-refractivity contribution in [2.75, 3.05) is 17.7 Å². The molecule has 1 aliphatic rings. The second kappa shape index (κ2) is 9.09. The maximum absolute atomic E-state index is 13.3. The number of carbonyl (C=O) groups is 2. The number of nitrogens with zero attached hydrogens (tertiary/aromatic N) is 1. The Bertz CT molecular complexity index is 1050. The molecule has 1 aromatic carbocycles. The van der Waals surface area contributed by atoms with Crippen LogP contribution in [0.15, 0.2) is 48.8 Å². The molecule has 0 bridgehead atoms. The van der Waals surface area contributed by atoms with Gasteiger partial charge in [-0.15, -0.1) is 11.3 Å². The largest absolute Gasteiger partial charge is 0.497 e. The summed E-state index contributed by atoms with van der Waals surface area (Å²) >= 11 is 1.51. The van der Waals surface area contributed by atoms with Gasteiger partial charge in [-0.3, -0.25) is 14.6 Å². The van der Waals surface area contributed by atoms with Crippen LogP contribution in [0, 0.1) is 0 Å². The quantitative estimate of drug-likeness (QED) is 0.573. The zero-order chi connectivity index (χ0) is 20.9. The highest BCUT2D eigenvalue weighted by atomic mass is 32.1. The van der Waals surface area contributed by atoms with Crippen molar-refractivity contribution in [3.63, 3.8) is 0 Å². The molecule has 6 nitrogen and oxygen atoms in total. The van der Waals surface area contributed by atoms with Gasteiger partial charge in [0.1, 0.15) is 10.8 Å². The lowest BCUT2D eigenvalue weighted by molar-refractivity contribution is 0.102. The molecule has 0 aliphatic heterocycles. The Hall–Kier alpha value is -3.19. The monoisotopic (exact) mass is 421 g/mol. The smallest absolute Gasteiger partial charge is 0.258 e. The number of hydrogen-bond acceptors (Lipinski definition) is 5. The van der Waals surface area contributed by atoms with E-state index in [1.165, 1.54) is 16.2 Å². The number of aryl methyl sites for hydroxylation is 1. The molecule has 2 aromatic heterocycles. The van der Waals surface area contributed by atoms with Gasteiger partial charge in [0.25, 0.3) is 11.8 Å². The highest BCUT2D eigenvalue weighted by Crippen LogP contribution is 2.38. The number of carbonyl (C=O) groups excluding carboxylic acids is 2. The van der Waals surface area contributed by atoms with Crippen LogP contribution in [0.3, 0.4) is 0 Å². The van der Waals surface area contributed by atoms with Gasteiger partial charge < -0.3 is 15.4 Å². The van der Waals surface area contributed by atoms with E-state index in [9.17, 15) is 9.59 Å². The Morgan fingerprint density at radius 2 is 1.67 bits per heavy atom. The van der Waals surface area contributed by atoms with Crippen LogP contribution in [0.25, 0.3) is 0 Å². The Kier molecular flexibility index (Phi) is 6.09. The van der Waals surface area contributed by atoms with E-state index in [1.54, 1.807) is 55.9 Å². The van der Waals surface area contributed by atoms with Gasteiger partial charge in [0, 0.05) is 28.5 Å². The average molecular weight is 422 g/mol. The van der Waals surface area contributed by atoms with Crippen LogP contribution in [-0.2, 0) is 12.8 Å². The number of pyridine rings is 1. The average Bonchev–Trinajstić information content (AvgIpc) is 2.95. The number of nitrogens with one attached hydrogen (secondary N) is 2. The summed E-state index contributed by atoms with van der Waals surface area (Å²) in [4.78, 5) is 31.1. The van der Waals surface area contributed by atoms with Gasteiger partial charge in [-0.2, -0.15) is 0 Å². The van der Waals surface area contributed by atoms with E-state index >= 15 is 0 Å². The van der Waals surface area contributed by atoms with Gasteiger partial charge >= 0.3 is 0 Å². The van der Waals surface area contributed by atoms with E-state index in [4.69, 9.17) is 4.74 Å². The molecule has 2 heterocycles. The number of anilines is 2. The van der Waals surface area contributed by atoms with E-state index in [1.807, 2.05) is 0 Å². The van der Waals surface area contributed by atoms with Gasteiger partial charge in [-0.05, 0) is 67.6 Å². The van der Waals surface area contributed by atoms with Crippen LogP contribution in [0.2, 0.25) is 0 Å². The molecule has 2 amide bonds. The minimum Gasteiger partial charge on any atom is -0.497 e. The van der Waals surface area contributed by atoms with E-state index in [2.05, 4.69) is 15.6 Å². The lowest BCUT2D eigenvalue weighted by atomic mass is 10.0. The van der Waals surface area contributed by atoms with Crippen molar-refractivity contribution in [1.29, 1.82) is 0 Å². The second-order valence-electron chi connectivity index (χ2n) is 7.14. The molecule has 0 spiro atoms. The first-order valence-electron chi connectivity index (χ1n) is 9.97. The summed E-state index contributed by atoms with van der Waals surface area (Å²) in [5.41, 5.74) is 2.83. The van der Waals surface area contributed by atoms with Crippen LogP contribution < -0.4 is 15.4 Å². The normalized spacial score (nSPS) is 13.1. The minimum absolute atomic E-state index is 0.204. The van der Waals surface area contributed by atoms with Crippen LogP contribution >= 0.6 is 11.3 Å². The number of rotatable bonds is 5. The summed E-state index contributed by atoms with van der Waals surface area (Å²) in [6.07, 6.45) is 8.25. The van der Waals surface area contributed by atoms with Crippen LogP contribution in [0.4, 0.5) is 10.7 Å². The number of amides is 2. The third-order valence-corrected chi connectivity index (χ3v) is 6.37. The van der Waals surface area contributed by atoms with E-state index in [0.717, 1.165) is 43.4 Å². The maximum atomic E-state index is 13.3. The number of fused-ring (bicyclic) bond motifs is 1. The third kappa shape index (κ3) is 4.36. The van der Waals surface area contributed by atoms with Crippen molar-refractivity contribution in [1.82, 2.24) is 4.98 Å². The Labute approximate surface area is 179 Å². The summed E-state index contributed by atoms with van der Waals surface area (Å²) in [6.45, 7) is 0. The standard InChI is InChI=1S/C23H23N3O3S/c1-29-17-9-7-16(8-10-17)25-22(28)20-18-5-3-2-4-6-19(18)30-23(20)26-21(27)15-11-13-24-14-12-15/h7-14H,2-6H2,1H3,(H,25,28)(H,26,27). The number of methoxy groups -OCH3 is 1. The Morgan fingerprint density at radius 3 is 2.40 bits per heavy atom.